The van der Waals surface area contributed by atoms with Gasteiger partial charge in [-0.15, -0.1) is 0 Å². The van der Waals surface area contributed by atoms with E-state index in [9.17, 15) is 44.3 Å². The van der Waals surface area contributed by atoms with Gasteiger partial charge in [0.2, 0.25) is 0 Å². The Bertz CT molecular complexity index is 1690. The van der Waals surface area contributed by atoms with E-state index in [1.165, 1.54) is 5.56 Å². The van der Waals surface area contributed by atoms with Gasteiger partial charge in [-0.05, 0) is 74.4 Å². The summed E-state index contributed by atoms with van der Waals surface area (Å²) in [7, 11) is 0. The van der Waals surface area contributed by atoms with Crippen molar-refractivity contribution < 1.29 is 53.8 Å². The van der Waals surface area contributed by atoms with Gasteiger partial charge < -0.3 is 14.8 Å². The lowest BCUT2D eigenvalue weighted by Crippen LogP contribution is -2.30. The number of aryl methyl sites for hydroxylation is 1. The van der Waals surface area contributed by atoms with Crippen LogP contribution >= 0.6 is 0 Å². The van der Waals surface area contributed by atoms with Crippen LogP contribution in [0.2, 0.25) is 0 Å². The second-order valence-electron chi connectivity index (χ2n) is 9.97. The number of nitrogens with one attached hydrogen (secondary N) is 1. The third-order valence-electron chi connectivity index (χ3n) is 5.98. The fraction of sp³-hybridized carbons (Fsp3) is 0.182. The molecule has 0 aliphatic heterocycles. The molecule has 0 heterocycles. The largest absolute Gasteiger partial charge is 0.488 e. The van der Waals surface area contributed by atoms with E-state index in [1.54, 1.807) is 13.8 Å². The Morgan fingerprint density at radius 2 is 1.43 bits per heavy atom. The van der Waals surface area contributed by atoms with E-state index < -0.39 is 70.7 Å². The molecule has 0 saturated heterocycles. The van der Waals surface area contributed by atoms with Crippen molar-refractivity contribution in [3.8, 4) is 11.5 Å². The molecule has 4 aromatic carbocycles. The molecule has 0 spiro atoms. The normalized spacial score (nSPS) is 11.7. The number of carbonyl (C=O) groups excluding carboxylic acids is 1. The Hall–Kier alpha value is -4.94. The zero-order valence-corrected chi connectivity index (χ0v) is 24.4. The summed E-state index contributed by atoms with van der Waals surface area (Å²) >= 11 is 0. The number of benzene rings is 4. The second kappa shape index (κ2) is 15.4. The van der Waals surface area contributed by atoms with Crippen molar-refractivity contribution in [3.63, 3.8) is 0 Å². The van der Waals surface area contributed by atoms with Crippen LogP contribution in [0.1, 0.15) is 52.5 Å². The van der Waals surface area contributed by atoms with Crippen molar-refractivity contribution in [2.24, 2.45) is 0 Å². The van der Waals surface area contributed by atoms with Gasteiger partial charge in [-0.2, -0.15) is 26.3 Å². The molecule has 4 rings (SSSR count). The minimum Gasteiger partial charge on any atom is -0.488 e. The Morgan fingerprint density at radius 3 is 2.00 bits per heavy atom. The summed E-state index contributed by atoms with van der Waals surface area (Å²) in [5.74, 6) is -5.84. The van der Waals surface area contributed by atoms with Gasteiger partial charge in [-0.3, -0.25) is 4.79 Å². The molecule has 1 N–H and O–H groups in total. The maximum absolute atomic E-state index is 14.4. The molecule has 4 aromatic rings. The van der Waals surface area contributed by atoms with E-state index in [-0.39, 0.29) is 22.9 Å². The summed E-state index contributed by atoms with van der Waals surface area (Å²) in [6, 6.07) is 13.3. The van der Waals surface area contributed by atoms with E-state index in [2.05, 4.69) is 29.1 Å². The molecule has 1 amide bonds. The minimum absolute atomic E-state index is 0.00259. The van der Waals surface area contributed by atoms with Gasteiger partial charge in [0.15, 0.2) is 11.6 Å². The Kier molecular flexibility index (Phi) is 11.9. The maximum Gasteiger partial charge on any atom is 0.419 e. The molecule has 244 valence electrons. The van der Waals surface area contributed by atoms with Gasteiger partial charge in [-0.1, -0.05) is 42.0 Å². The first kappa shape index (κ1) is 35.5. The molecular weight excluding hydrogens is 629 g/mol. The van der Waals surface area contributed by atoms with Crippen LogP contribution in [-0.4, -0.2) is 12.0 Å². The number of amides is 1. The van der Waals surface area contributed by atoms with Gasteiger partial charge in [0.1, 0.15) is 17.4 Å². The van der Waals surface area contributed by atoms with Crippen LogP contribution < -0.4 is 14.8 Å². The summed E-state index contributed by atoms with van der Waals surface area (Å²) in [4.78, 5) is 13.0. The lowest BCUT2D eigenvalue weighted by molar-refractivity contribution is -0.140. The quantitative estimate of drug-likeness (QED) is 0.152. The molecule has 0 radical (unpaired) electrons. The average Bonchev–Trinajstić information content (AvgIpc) is 2.96. The van der Waals surface area contributed by atoms with Crippen LogP contribution in [0, 0.1) is 24.4 Å². The first-order valence-electron chi connectivity index (χ1n) is 13.4. The lowest BCUT2D eigenvalue weighted by Gasteiger charge is -2.22. The maximum atomic E-state index is 14.4. The predicted octanol–water partition coefficient (Wildman–Crippen LogP) is 9.84. The van der Waals surface area contributed by atoms with E-state index in [1.807, 2.05) is 18.2 Å². The lowest BCUT2D eigenvalue weighted by atomic mass is 9.97. The van der Waals surface area contributed by atoms with Crippen molar-refractivity contribution in [1.82, 2.24) is 5.32 Å². The standard InChI is InChI=1S/C26H18F9NO3.C7H8/c1-12(2)38-21-10-13(3-6-20(21)29)22(15-7-16(27)11-17(8-15)39-24(32)23(30)31)36-25(37)14-4-5-19(28)18(9-14)26(33,34)35;1-7-5-3-2-4-6-7/h3-12,22H,1-2H3,(H,36,37);2-6H,1H3/t22-;/m1./s1. The molecule has 0 saturated carbocycles. The second-order valence-corrected chi connectivity index (χ2v) is 9.97. The smallest absolute Gasteiger partial charge is 0.419 e. The SMILES string of the molecule is CC(C)Oc1cc([C@@H](NC(=O)c2ccc(F)c(C(F)(F)F)c2)c2cc(F)cc(OC(F)=C(F)F)c2)ccc1F.Cc1ccccc1. The topological polar surface area (TPSA) is 47.6 Å². The summed E-state index contributed by atoms with van der Waals surface area (Å²) in [5.41, 5.74) is -1.30. The minimum atomic E-state index is -5.13. The Labute approximate surface area is 258 Å². The average molecular weight is 656 g/mol. The molecule has 0 fully saturated rings. The zero-order chi connectivity index (χ0) is 34.2. The highest BCUT2D eigenvalue weighted by molar-refractivity contribution is 5.95. The van der Waals surface area contributed by atoms with E-state index >= 15 is 0 Å². The molecule has 1 atom stereocenters. The highest BCUT2D eigenvalue weighted by atomic mass is 19.4. The molecule has 0 aromatic heterocycles. The molecule has 13 heteroatoms. The number of alkyl halides is 3. The first-order chi connectivity index (χ1) is 21.5. The van der Waals surface area contributed by atoms with E-state index in [0.717, 1.165) is 36.4 Å². The van der Waals surface area contributed by atoms with Gasteiger partial charge in [0.25, 0.3) is 5.91 Å². The number of halogens is 9. The van der Waals surface area contributed by atoms with E-state index in [0.29, 0.717) is 12.1 Å². The molecule has 0 bridgehead atoms. The van der Waals surface area contributed by atoms with Crippen LogP contribution in [0.25, 0.3) is 0 Å². The molecule has 0 aliphatic rings. The Balaban J connectivity index is 0.000000724. The first-order valence-corrected chi connectivity index (χ1v) is 13.4. The van der Waals surface area contributed by atoms with Gasteiger partial charge in [0, 0.05) is 11.6 Å². The zero-order valence-electron chi connectivity index (χ0n) is 24.4. The summed E-state index contributed by atoms with van der Waals surface area (Å²) in [6.45, 7) is 5.25. The van der Waals surface area contributed by atoms with Gasteiger partial charge >= 0.3 is 18.3 Å². The summed E-state index contributed by atoms with van der Waals surface area (Å²) < 4.78 is 130. The van der Waals surface area contributed by atoms with Gasteiger partial charge in [0.05, 0.1) is 17.7 Å². The number of hydrogen-bond acceptors (Lipinski definition) is 3. The molecule has 46 heavy (non-hydrogen) atoms. The third-order valence-corrected chi connectivity index (χ3v) is 5.98. The highest BCUT2D eigenvalue weighted by Gasteiger charge is 2.35. The molecule has 0 unspecified atom stereocenters. The van der Waals surface area contributed by atoms with Crippen molar-refractivity contribution in [2.75, 3.05) is 0 Å². The Morgan fingerprint density at radius 1 is 0.783 bits per heavy atom. The fourth-order valence-corrected chi connectivity index (χ4v) is 3.99. The third kappa shape index (κ3) is 10.0. The van der Waals surface area contributed by atoms with Crippen LogP contribution in [0.3, 0.4) is 0 Å². The monoisotopic (exact) mass is 655 g/mol. The summed E-state index contributed by atoms with van der Waals surface area (Å²) in [5, 5.41) is 2.31. The number of hydrogen-bond donors (Lipinski definition) is 1. The number of carbonyl (C=O) groups is 1. The highest BCUT2D eigenvalue weighted by Crippen LogP contribution is 2.34. The number of rotatable bonds is 8. The van der Waals surface area contributed by atoms with E-state index in [4.69, 9.17) is 4.74 Å². The fourth-order valence-electron chi connectivity index (χ4n) is 3.99. The van der Waals surface area contributed by atoms with Crippen molar-refractivity contribution in [2.45, 2.75) is 39.1 Å². The van der Waals surface area contributed by atoms with Crippen LogP contribution in [-0.2, 0) is 6.18 Å². The molecule has 4 nitrogen and oxygen atoms in total. The van der Waals surface area contributed by atoms with Crippen molar-refractivity contribution in [1.29, 1.82) is 0 Å². The van der Waals surface area contributed by atoms with Crippen LogP contribution in [0.4, 0.5) is 39.5 Å². The van der Waals surface area contributed by atoms with Crippen molar-refractivity contribution >= 4 is 5.91 Å². The summed E-state index contributed by atoms with van der Waals surface area (Å²) in [6.07, 6.45) is -8.48. The van der Waals surface area contributed by atoms with Crippen LogP contribution in [0.5, 0.6) is 11.5 Å². The predicted molar refractivity (Wildman–Crippen MR) is 151 cm³/mol. The van der Waals surface area contributed by atoms with Crippen molar-refractivity contribution in [3.05, 3.63) is 142 Å². The molecular formula is C33H26F9NO3. The molecule has 0 aliphatic carbocycles. The van der Waals surface area contributed by atoms with Crippen LogP contribution in [0.15, 0.2) is 97.0 Å². The number of ether oxygens (including phenoxy) is 2. The van der Waals surface area contributed by atoms with Gasteiger partial charge in [-0.25, -0.2) is 13.2 Å².